The number of aromatic nitrogens is 3. The Kier molecular flexibility index (Phi) is 6.96. The lowest BCUT2D eigenvalue weighted by atomic mass is 9.86. The fourth-order valence-corrected chi connectivity index (χ4v) is 6.50. The molecule has 4 rings (SSSR count). The molecular formula is C21H26N6O4S2. The van der Waals surface area contributed by atoms with Gasteiger partial charge in [-0.25, -0.2) is 27.9 Å². The number of imidazole rings is 1. The third-order valence-electron chi connectivity index (χ3n) is 5.56. The number of sulfonamides is 1. The van der Waals surface area contributed by atoms with Crippen molar-refractivity contribution in [3.05, 3.63) is 41.8 Å². The zero-order valence-electron chi connectivity index (χ0n) is 18.0. The summed E-state index contributed by atoms with van der Waals surface area (Å²) in [5.41, 5.74) is 1.19. The molecule has 1 aromatic carbocycles. The molecule has 0 atom stereocenters. The van der Waals surface area contributed by atoms with Gasteiger partial charge in [-0.05, 0) is 37.8 Å². The highest BCUT2D eigenvalue weighted by Gasteiger charge is 2.27. The summed E-state index contributed by atoms with van der Waals surface area (Å²) in [4.78, 5) is 23.5. The minimum atomic E-state index is -3.73. The molecule has 0 saturated heterocycles. The van der Waals surface area contributed by atoms with Crippen LogP contribution in [-0.2, 0) is 10.0 Å². The Morgan fingerprint density at radius 1 is 1.24 bits per heavy atom. The molecule has 1 aliphatic rings. The monoisotopic (exact) mass is 490 g/mol. The molecule has 0 spiro atoms. The Morgan fingerprint density at radius 3 is 2.70 bits per heavy atom. The van der Waals surface area contributed by atoms with Crippen molar-refractivity contribution in [1.82, 2.24) is 25.0 Å². The Labute approximate surface area is 195 Å². The van der Waals surface area contributed by atoms with E-state index in [2.05, 4.69) is 30.3 Å². The van der Waals surface area contributed by atoms with Crippen LogP contribution in [0.5, 0.6) is 0 Å². The lowest BCUT2D eigenvalue weighted by Crippen LogP contribution is -2.36. The van der Waals surface area contributed by atoms with E-state index in [0.717, 1.165) is 35.6 Å². The summed E-state index contributed by atoms with van der Waals surface area (Å²) in [7, 11) is -3.73. The number of thiazole rings is 1. The maximum atomic E-state index is 13.0. The van der Waals surface area contributed by atoms with E-state index in [1.165, 1.54) is 11.3 Å². The first-order chi connectivity index (χ1) is 15.9. The van der Waals surface area contributed by atoms with E-state index >= 15 is 0 Å². The Balaban J connectivity index is 1.59. The first-order valence-corrected chi connectivity index (χ1v) is 13.0. The second-order valence-corrected chi connectivity index (χ2v) is 10.6. The molecule has 0 radical (unpaired) electrons. The van der Waals surface area contributed by atoms with Crippen LogP contribution in [-0.4, -0.2) is 47.2 Å². The van der Waals surface area contributed by atoms with Crippen molar-refractivity contribution >= 4 is 39.1 Å². The van der Waals surface area contributed by atoms with Gasteiger partial charge in [0.2, 0.25) is 16.0 Å². The number of H-pyrrole nitrogens is 1. The number of hydrogen-bond acceptors (Lipinski definition) is 7. The molecule has 2 aromatic heterocycles. The number of carbonyl (C=O) groups is 1. The predicted octanol–water partition coefficient (Wildman–Crippen LogP) is 3.87. The Hall–Kier alpha value is -2.96. The maximum absolute atomic E-state index is 13.0. The van der Waals surface area contributed by atoms with Crippen LogP contribution in [0, 0.1) is 0 Å². The first kappa shape index (κ1) is 23.2. The SMILES string of the molecule is CCNS(=O)(=O)c1cc(Nc2ncc[nH]2)ccc1-c1cnc([C@H]2CC[C@H](NC(=O)O)CC2)s1. The number of amides is 1. The van der Waals surface area contributed by atoms with E-state index in [4.69, 9.17) is 5.11 Å². The van der Waals surface area contributed by atoms with E-state index in [0.29, 0.717) is 17.2 Å². The van der Waals surface area contributed by atoms with Gasteiger partial charge in [0.05, 0.1) is 14.8 Å². The summed E-state index contributed by atoms with van der Waals surface area (Å²) >= 11 is 1.49. The fourth-order valence-electron chi connectivity index (χ4n) is 4.02. The van der Waals surface area contributed by atoms with Crippen LogP contribution in [0.2, 0.25) is 0 Å². The van der Waals surface area contributed by atoms with Crippen LogP contribution >= 0.6 is 11.3 Å². The van der Waals surface area contributed by atoms with Gasteiger partial charge in [-0.2, -0.15) is 0 Å². The number of benzene rings is 1. The topological polar surface area (TPSA) is 149 Å². The molecular weight excluding hydrogens is 464 g/mol. The number of aromatic amines is 1. The molecule has 10 nitrogen and oxygen atoms in total. The van der Waals surface area contributed by atoms with Crippen molar-refractivity contribution in [2.24, 2.45) is 0 Å². The molecule has 12 heteroatoms. The van der Waals surface area contributed by atoms with E-state index in [1.807, 2.05) is 6.07 Å². The van der Waals surface area contributed by atoms with Crippen molar-refractivity contribution in [1.29, 1.82) is 0 Å². The zero-order valence-corrected chi connectivity index (χ0v) is 19.7. The van der Waals surface area contributed by atoms with Gasteiger partial charge in [0.15, 0.2) is 0 Å². The number of rotatable bonds is 8. The van der Waals surface area contributed by atoms with E-state index < -0.39 is 16.1 Å². The standard InChI is InChI=1S/C21H26N6O4S2/c1-2-25-33(30,31)18-11-15(26-20-22-9-10-23-20)7-8-16(18)17-12-24-19(32-17)13-3-5-14(6-4-13)27-21(28)29/h7-14,25,27H,2-6H2,1H3,(H,28,29)(H2,22,23,26)/t13-,14-. The van der Waals surface area contributed by atoms with Gasteiger partial charge >= 0.3 is 6.09 Å². The van der Waals surface area contributed by atoms with Crippen LogP contribution in [0.15, 0.2) is 41.7 Å². The third-order valence-corrected chi connectivity index (χ3v) is 8.34. The second kappa shape index (κ2) is 9.89. The van der Waals surface area contributed by atoms with Crippen LogP contribution in [0.1, 0.15) is 43.5 Å². The van der Waals surface area contributed by atoms with Gasteiger partial charge in [0.1, 0.15) is 0 Å². The number of nitrogens with zero attached hydrogens (tertiary/aromatic N) is 2. The average Bonchev–Trinajstić information content (AvgIpc) is 3.46. The highest BCUT2D eigenvalue weighted by atomic mass is 32.2. The molecule has 0 bridgehead atoms. The van der Waals surface area contributed by atoms with Gasteiger partial charge in [-0.3, -0.25) is 0 Å². The third kappa shape index (κ3) is 5.52. The van der Waals surface area contributed by atoms with Gasteiger partial charge in [-0.1, -0.05) is 13.0 Å². The highest BCUT2D eigenvalue weighted by molar-refractivity contribution is 7.89. The summed E-state index contributed by atoms with van der Waals surface area (Å²) in [6, 6.07) is 5.16. The minimum absolute atomic E-state index is 0.0238. The molecule has 1 aliphatic carbocycles. The molecule has 0 aliphatic heterocycles. The smallest absolute Gasteiger partial charge is 0.404 e. The number of hydrogen-bond donors (Lipinski definition) is 5. The molecule has 1 fully saturated rings. The van der Waals surface area contributed by atoms with Crippen LogP contribution in [0.25, 0.3) is 10.4 Å². The zero-order chi connectivity index (χ0) is 23.4. The summed E-state index contributed by atoms with van der Waals surface area (Å²) < 4.78 is 28.5. The Morgan fingerprint density at radius 2 is 2.03 bits per heavy atom. The molecule has 3 aromatic rings. The van der Waals surface area contributed by atoms with Gasteiger partial charge < -0.3 is 20.7 Å². The summed E-state index contributed by atoms with van der Waals surface area (Å²) in [6.07, 6.45) is 7.22. The van der Waals surface area contributed by atoms with Crippen LogP contribution in [0.4, 0.5) is 16.4 Å². The molecule has 5 N–H and O–H groups in total. The molecule has 176 valence electrons. The summed E-state index contributed by atoms with van der Waals surface area (Å²) in [5.74, 6) is 0.756. The Bertz CT molecular complexity index is 1200. The van der Waals surface area contributed by atoms with Crippen LogP contribution < -0.4 is 15.4 Å². The van der Waals surface area contributed by atoms with Gasteiger partial charge in [-0.15, -0.1) is 11.3 Å². The lowest BCUT2D eigenvalue weighted by molar-refractivity contribution is 0.185. The van der Waals surface area contributed by atoms with Crippen molar-refractivity contribution in [3.63, 3.8) is 0 Å². The van der Waals surface area contributed by atoms with Crippen molar-refractivity contribution in [2.75, 3.05) is 11.9 Å². The minimum Gasteiger partial charge on any atom is -0.465 e. The predicted molar refractivity (Wildman–Crippen MR) is 126 cm³/mol. The molecule has 1 amide bonds. The van der Waals surface area contributed by atoms with Crippen molar-refractivity contribution < 1.29 is 18.3 Å². The number of anilines is 2. The van der Waals surface area contributed by atoms with E-state index in [9.17, 15) is 13.2 Å². The summed E-state index contributed by atoms with van der Waals surface area (Å²) in [5, 5.41) is 15.5. The average molecular weight is 491 g/mol. The van der Waals surface area contributed by atoms with Crippen molar-refractivity contribution in [3.8, 4) is 10.4 Å². The largest absolute Gasteiger partial charge is 0.465 e. The molecule has 33 heavy (non-hydrogen) atoms. The highest BCUT2D eigenvalue weighted by Crippen LogP contribution is 2.40. The number of nitrogens with one attached hydrogen (secondary N) is 4. The summed E-state index contributed by atoms with van der Waals surface area (Å²) in [6.45, 7) is 2.02. The van der Waals surface area contributed by atoms with E-state index in [-0.39, 0.29) is 23.4 Å². The normalized spacial score (nSPS) is 18.7. The van der Waals surface area contributed by atoms with Gasteiger partial charge in [0, 0.05) is 48.3 Å². The number of carboxylic acid groups (broad SMARTS) is 1. The van der Waals surface area contributed by atoms with Gasteiger partial charge in [0.25, 0.3) is 0 Å². The van der Waals surface area contributed by atoms with E-state index in [1.54, 1.807) is 37.6 Å². The maximum Gasteiger partial charge on any atom is 0.404 e. The van der Waals surface area contributed by atoms with Crippen molar-refractivity contribution in [2.45, 2.75) is 49.5 Å². The molecule has 1 saturated carbocycles. The lowest BCUT2D eigenvalue weighted by Gasteiger charge is -2.27. The molecule has 0 unspecified atom stereocenters. The van der Waals surface area contributed by atoms with Crippen LogP contribution in [0.3, 0.4) is 0 Å². The first-order valence-electron chi connectivity index (χ1n) is 10.7. The quantitative estimate of drug-likeness (QED) is 0.322. The molecule has 2 heterocycles. The fraction of sp³-hybridized carbons (Fsp3) is 0.381. The second-order valence-electron chi connectivity index (χ2n) is 7.84.